The first kappa shape index (κ1) is 20.4. The molecular formula is C20H20F3N5O. The lowest BCUT2D eigenvalue weighted by atomic mass is 10.1. The van der Waals surface area contributed by atoms with E-state index in [1.54, 1.807) is 17.9 Å². The van der Waals surface area contributed by atoms with Crippen LogP contribution in [0.25, 0.3) is 5.69 Å². The van der Waals surface area contributed by atoms with E-state index >= 15 is 0 Å². The molecule has 1 N–H and O–H groups in total. The molecule has 2 aromatic carbocycles. The van der Waals surface area contributed by atoms with E-state index in [1.165, 1.54) is 36.5 Å². The number of carbonyl (C=O) groups is 1. The quantitative estimate of drug-likeness (QED) is 0.695. The fourth-order valence-corrected chi connectivity index (χ4v) is 2.90. The highest BCUT2D eigenvalue weighted by atomic mass is 19.4. The lowest BCUT2D eigenvalue weighted by Gasteiger charge is -2.23. The standard InChI is InChI=1S/C20H20F3N5O/c1-14(15-7-9-17(10-8-15)28-13-24-12-25-28)26-19(29)27(2)11-16-5-3-4-6-18(16)20(21,22)23/h3-10,12-14H,11H2,1-2H3,(H,26,29). The Labute approximate surface area is 166 Å². The number of benzene rings is 2. The van der Waals surface area contributed by atoms with Crippen molar-refractivity contribution in [2.75, 3.05) is 7.05 Å². The Hall–Kier alpha value is -3.36. The molecule has 1 atom stereocenters. The zero-order valence-electron chi connectivity index (χ0n) is 15.9. The summed E-state index contributed by atoms with van der Waals surface area (Å²) < 4.78 is 41.0. The van der Waals surface area contributed by atoms with Crippen molar-refractivity contribution in [3.63, 3.8) is 0 Å². The number of urea groups is 1. The number of amides is 2. The van der Waals surface area contributed by atoms with E-state index in [9.17, 15) is 18.0 Å². The SMILES string of the molecule is CC(NC(=O)N(C)Cc1ccccc1C(F)(F)F)c1ccc(-n2cncn2)cc1. The van der Waals surface area contributed by atoms with Crippen LogP contribution in [0.5, 0.6) is 0 Å². The van der Waals surface area contributed by atoms with Crippen LogP contribution in [0.1, 0.15) is 29.7 Å². The van der Waals surface area contributed by atoms with E-state index in [0.717, 1.165) is 17.3 Å². The zero-order valence-corrected chi connectivity index (χ0v) is 15.9. The van der Waals surface area contributed by atoms with E-state index in [-0.39, 0.29) is 18.2 Å². The van der Waals surface area contributed by atoms with E-state index in [4.69, 9.17) is 0 Å². The Morgan fingerprint density at radius 1 is 1.17 bits per heavy atom. The van der Waals surface area contributed by atoms with Gasteiger partial charge in [-0.1, -0.05) is 30.3 Å². The van der Waals surface area contributed by atoms with Gasteiger partial charge in [0.15, 0.2) is 0 Å². The van der Waals surface area contributed by atoms with Crippen LogP contribution < -0.4 is 5.32 Å². The molecular weight excluding hydrogens is 383 g/mol. The lowest BCUT2D eigenvalue weighted by molar-refractivity contribution is -0.138. The molecule has 152 valence electrons. The maximum absolute atomic E-state index is 13.1. The summed E-state index contributed by atoms with van der Waals surface area (Å²) in [6, 6.07) is 11.8. The molecule has 0 bridgehead atoms. The summed E-state index contributed by atoms with van der Waals surface area (Å²) in [7, 11) is 1.46. The van der Waals surface area contributed by atoms with Gasteiger partial charge in [0.1, 0.15) is 12.7 Å². The van der Waals surface area contributed by atoms with Crippen LogP contribution in [0.3, 0.4) is 0 Å². The minimum Gasteiger partial charge on any atom is -0.331 e. The van der Waals surface area contributed by atoms with Gasteiger partial charge >= 0.3 is 12.2 Å². The summed E-state index contributed by atoms with van der Waals surface area (Å²) in [5, 5.41) is 6.85. The summed E-state index contributed by atoms with van der Waals surface area (Å²) in [5.41, 5.74) is 0.982. The third-order valence-electron chi connectivity index (χ3n) is 4.49. The molecule has 0 aliphatic carbocycles. The van der Waals surface area contributed by atoms with Gasteiger partial charge in [-0.05, 0) is 36.2 Å². The number of carbonyl (C=O) groups excluding carboxylic acids is 1. The maximum atomic E-state index is 13.1. The molecule has 9 heteroatoms. The van der Waals surface area contributed by atoms with Gasteiger partial charge in [0.05, 0.1) is 17.3 Å². The predicted molar refractivity (Wildman–Crippen MR) is 101 cm³/mol. The Balaban J connectivity index is 1.64. The van der Waals surface area contributed by atoms with Crippen molar-refractivity contribution in [3.05, 3.63) is 77.9 Å². The van der Waals surface area contributed by atoms with Crippen LogP contribution in [0.4, 0.5) is 18.0 Å². The van der Waals surface area contributed by atoms with Crippen molar-refractivity contribution in [2.45, 2.75) is 25.7 Å². The topological polar surface area (TPSA) is 63.1 Å². The minimum atomic E-state index is -4.47. The lowest BCUT2D eigenvalue weighted by Crippen LogP contribution is -2.38. The van der Waals surface area contributed by atoms with Crippen molar-refractivity contribution in [1.29, 1.82) is 0 Å². The number of hydrogen-bond donors (Lipinski definition) is 1. The normalized spacial score (nSPS) is 12.4. The van der Waals surface area contributed by atoms with Gasteiger partial charge in [-0.25, -0.2) is 14.5 Å². The summed E-state index contributed by atoms with van der Waals surface area (Å²) in [4.78, 5) is 17.6. The molecule has 0 radical (unpaired) electrons. The monoisotopic (exact) mass is 403 g/mol. The smallest absolute Gasteiger partial charge is 0.331 e. The van der Waals surface area contributed by atoms with Crippen molar-refractivity contribution in [1.82, 2.24) is 25.0 Å². The molecule has 29 heavy (non-hydrogen) atoms. The van der Waals surface area contributed by atoms with Gasteiger partial charge in [0.2, 0.25) is 0 Å². The second-order valence-electron chi connectivity index (χ2n) is 6.61. The predicted octanol–water partition coefficient (Wildman–Crippen LogP) is 4.19. The highest BCUT2D eigenvalue weighted by molar-refractivity contribution is 5.74. The first-order chi connectivity index (χ1) is 13.8. The molecule has 0 aliphatic heterocycles. The molecule has 0 spiro atoms. The van der Waals surface area contributed by atoms with Gasteiger partial charge < -0.3 is 10.2 Å². The van der Waals surface area contributed by atoms with Crippen LogP contribution >= 0.6 is 0 Å². The van der Waals surface area contributed by atoms with Gasteiger partial charge in [0, 0.05) is 13.6 Å². The van der Waals surface area contributed by atoms with Gasteiger partial charge in [-0.3, -0.25) is 0 Å². The molecule has 0 saturated heterocycles. The number of nitrogens with one attached hydrogen (secondary N) is 1. The third kappa shape index (κ3) is 4.92. The Morgan fingerprint density at radius 3 is 2.48 bits per heavy atom. The highest BCUT2D eigenvalue weighted by Crippen LogP contribution is 2.32. The van der Waals surface area contributed by atoms with Gasteiger partial charge in [-0.2, -0.15) is 18.3 Å². The molecule has 0 saturated carbocycles. The van der Waals surface area contributed by atoms with Gasteiger partial charge in [-0.15, -0.1) is 0 Å². The number of halogens is 3. The Kier molecular flexibility index (Phi) is 5.86. The number of aromatic nitrogens is 3. The average molecular weight is 403 g/mol. The summed E-state index contributed by atoms with van der Waals surface area (Å²) in [5.74, 6) is 0. The molecule has 0 aliphatic rings. The Morgan fingerprint density at radius 2 is 1.86 bits per heavy atom. The third-order valence-corrected chi connectivity index (χ3v) is 4.49. The van der Waals surface area contributed by atoms with Crippen LogP contribution in [0.15, 0.2) is 61.2 Å². The van der Waals surface area contributed by atoms with Crippen molar-refractivity contribution in [2.24, 2.45) is 0 Å². The molecule has 6 nitrogen and oxygen atoms in total. The van der Waals surface area contributed by atoms with Crippen LogP contribution in [0.2, 0.25) is 0 Å². The van der Waals surface area contributed by atoms with Crippen LogP contribution in [-0.4, -0.2) is 32.7 Å². The second-order valence-corrected chi connectivity index (χ2v) is 6.61. The molecule has 3 rings (SSSR count). The molecule has 0 fully saturated rings. The number of rotatable bonds is 5. The van der Waals surface area contributed by atoms with Gasteiger partial charge in [0.25, 0.3) is 0 Å². The first-order valence-corrected chi connectivity index (χ1v) is 8.87. The van der Waals surface area contributed by atoms with Crippen molar-refractivity contribution >= 4 is 6.03 Å². The fourth-order valence-electron chi connectivity index (χ4n) is 2.90. The summed E-state index contributed by atoms with van der Waals surface area (Å²) in [6.07, 6.45) is -1.45. The Bertz CT molecular complexity index is 955. The molecule has 1 aromatic heterocycles. The molecule has 2 amide bonds. The second kappa shape index (κ2) is 8.34. The molecule has 3 aromatic rings. The minimum absolute atomic E-state index is 0.0440. The van der Waals surface area contributed by atoms with E-state index in [1.807, 2.05) is 24.3 Å². The zero-order chi connectivity index (χ0) is 21.0. The van der Waals surface area contributed by atoms with Crippen LogP contribution in [-0.2, 0) is 12.7 Å². The first-order valence-electron chi connectivity index (χ1n) is 8.87. The van der Waals surface area contributed by atoms with Crippen molar-refractivity contribution in [3.8, 4) is 5.69 Å². The summed E-state index contributed by atoms with van der Waals surface area (Å²) in [6.45, 7) is 1.65. The summed E-state index contributed by atoms with van der Waals surface area (Å²) >= 11 is 0. The largest absolute Gasteiger partial charge is 0.416 e. The highest BCUT2D eigenvalue weighted by Gasteiger charge is 2.33. The number of alkyl halides is 3. The molecule has 1 heterocycles. The van der Waals surface area contributed by atoms with E-state index < -0.39 is 17.8 Å². The van der Waals surface area contributed by atoms with E-state index in [2.05, 4.69) is 15.4 Å². The fraction of sp³-hybridized carbons (Fsp3) is 0.250. The number of nitrogens with zero attached hydrogens (tertiary/aromatic N) is 4. The van der Waals surface area contributed by atoms with E-state index in [0.29, 0.717) is 0 Å². The maximum Gasteiger partial charge on any atom is 0.416 e. The average Bonchev–Trinajstić information content (AvgIpc) is 3.22. The number of hydrogen-bond acceptors (Lipinski definition) is 3. The van der Waals surface area contributed by atoms with Crippen molar-refractivity contribution < 1.29 is 18.0 Å². The molecule has 1 unspecified atom stereocenters. The van der Waals surface area contributed by atoms with Crippen LogP contribution in [0, 0.1) is 0 Å².